The SMILES string of the molecule is NC[C@@H]1CCCN1Cc1ccc(F)cc1. The van der Waals surface area contributed by atoms with Crippen molar-refractivity contribution in [1.82, 2.24) is 4.90 Å². The summed E-state index contributed by atoms with van der Waals surface area (Å²) in [6.07, 6.45) is 2.42. The summed E-state index contributed by atoms with van der Waals surface area (Å²) in [5, 5.41) is 0. The number of benzene rings is 1. The molecule has 3 heteroatoms. The Morgan fingerprint density at radius 1 is 1.33 bits per heavy atom. The number of halogens is 1. The van der Waals surface area contributed by atoms with Gasteiger partial charge in [0.1, 0.15) is 5.82 Å². The molecule has 1 heterocycles. The van der Waals surface area contributed by atoms with Crippen LogP contribution in [0.1, 0.15) is 18.4 Å². The van der Waals surface area contributed by atoms with Crippen LogP contribution in [0.15, 0.2) is 24.3 Å². The van der Waals surface area contributed by atoms with Crippen LogP contribution in [0.4, 0.5) is 4.39 Å². The van der Waals surface area contributed by atoms with Crippen molar-refractivity contribution >= 4 is 0 Å². The van der Waals surface area contributed by atoms with Gasteiger partial charge in [0.05, 0.1) is 0 Å². The van der Waals surface area contributed by atoms with Crippen molar-refractivity contribution < 1.29 is 4.39 Å². The molecular weight excluding hydrogens is 191 g/mol. The van der Waals surface area contributed by atoms with Gasteiger partial charge in [-0.05, 0) is 37.1 Å². The fourth-order valence-corrected chi connectivity index (χ4v) is 2.19. The minimum Gasteiger partial charge on any atom is -0.329 e. The van der Waals surface area contributed by atoms with Crippen molar-refractivity contribution in [2.75, 3.05) is 13.1 Å². The monoisotopic (exact) mass is 208 g/mol. The fourth-order valence-electron chi connectivity index (χ4n) is 2.19. The van der Waals surface area contributed by atoms with Gasteiger partial charge in [0.2, 0.25) is 0 Å². The van der Waals surface area contributed by atoms with Gasteiger partial charge in [-0.3, -0.25) is 4.90 Å². The molecule has 2 rings (SSSR count). The molecule has 1 saturated heterocycles. The molecule has 1 aliphatic heterocycles. The molecule has 2 N–H and O–H groups in total. The Morgan fingerprint density at radius 2 is 2.07 bits per heavy atom. The molecule has 2 nitrogen and oxygen atoms in total. The van der Waals surface area contributed by atoms with E-state index in [-0.39, 0.29) is 5.82 Å². The lowest BCUT2D eigenvalue weighted by molar-refractivity contribution is 0.250. The van der Waals surface area contributed by atoms with Crippen LogP contribution in [0.2, 0.25) is 0 Å². The van der Waals surface area contributed by atoms with E-state index in [1.54, 1.807) is 0 Å². The van der Waals surface area contributed by atoms with Gasteiger partial charge in [0.25, 0.3) is 0 Å². The number of likely N-dealkylation sites (tertiary alicyclic amines) is 1. The minimum atomic E-state index is -0.171. The quantitative estimate of drug-likeness (QED) is 0.820. The summed E-state index contributed by atoms with van der Waals surface area (Å²) in [4.78, 5) is 2.38. The molecule has 82 valence electrons. The molecule has 15 heavy (non-hydrogen) atoms. The lowest BCUT2D eigenvalue weighted by atomic mass is 10.2. The van der Waals surface area contributed by atoms with E-state index < -0.39 is 0 Å². The molecule has 0 bridgehead atoms. The van der Waals surface area contributed by atoms with Gasteiger partial charge < -0.3 is 5.73 Å². The van der Waals surface area contributed by atoms with Gasteiger partial charge in [-0.2, -0.15) is 0 Å². The highest BCUT2D eigenvalue weighted by molar-refractivity contribution is 5.16. The first kappa shape index (κ1) is 10.6. The number of hydrogen-bond acceptors (Lipinski definition) is 2. The molecule has 0 amide bonds. The van der Waals surface area contributed by atoms with Crippen molar-refractivity contribution in [2.24, 2.45) is 5.73 Å². The third-order valence-corrected chi connectivity index (χ3v) is 3.07. The highest BCUT2D eigenvalue weighted by Gasteiger charge is 2.22. The van der Waals surface area contributed by atoms with Crippen LogP contribution in [0.25, 0.3) is 0 Å². The topological polar surface area (TPSA) is 29.3 Å². The van der Waals surface area contributed by atoms with E-state index in [0.717, 1.165) is 25.2 Å². The predicted octanol–water partition coefficient (Wildman–Crippen LogP) is 1.75. The van der Waals surface area contributed by atoms with Crippen molar-refractivity contribution in [3.8, 4) is 0 Å². The number of nitrogens with two attached hydrogens (primary N) is 1. The third-order valence-electron chi connectivity index (χ3n) is 3.07. The molecule has 1 fully saturated rings. The maximum Gasteiger partial charge on any atom is 0.123 e. The Bertz CT molecular complexity index is 310. The van der Waals surface area contributed by atoms with Crippen LogP contribution in [0.5, 0.6) is 0 Å². The van der Waals surface area contributed by atoms with Crippen LogP contribution in [-0.2, 0) is 6.54 Å². The second-order valence-corrected chi connectivity index (χ2v) is 4.13. The van der Waals surface area contributed by atoms with Crippen LogP contribution in [0.3, 0.4) is 0 Å². The van der Waals surface area contributed by atoms with E-state index in [1.165, 1.54) is 25.0 Å². The van der Waals surface area contributed by atoms with E-state index in [9.17, 15) is 4.39 Å². The summed E-state index contributed by atoms with van der Waals surface area (Å²) in [5.74, 6) is -0.171. The summed E-state index contributed by atoms with van der Waals surface area (Å²) < 4.78 is 12.7. The zero-order chi connectivity index (χ0) is 10.7. The van der Waals surface area contributed by atoms with Crippen LogP contribution >= 0.6 is 0 Å². The largest absolute Gasteiger partial charge is 0.329 e. The van der Waals surface area contributed by atoms with Gasteiger partial charge in [0, 0.05) is 19.1 Å². The van der Waals surface area contributed by atoms with Gasteiger partial charge in [-0.25, -0.2) is 4.39 Å². The van der Waals surface area contributed by atoms with Crippen LogP contribution < -0.4 is 5.73 Å². The highest BCUT2D eigenvalue weighted by Crippen LogP contribution is 2.19. The second-order valence-electron chi connectivity index (χ2n) is 4.13. The van der Waals surface area contributed by atoms with Gasteiger partial charge in [-0.15, -0.1) is 0 Å². The molecule has 0 saturated carbocycles. The van der Waals surface area contributed by atoms with Crippen LogP contribution in [-0.4, -0.2) is 24.0 Å². The fraction of sp³-hybridized carbons (Fsp3) is 0.500. The lowest BCUT2D eigenvalue weighted by Gasteiger charge is -2.22. The van der Waals surface area contributed by atoms with Crippen molar-refractivity contribution in [1.29, 1.82) is 0 Å². The zero-order valence-electron chi connectivity index (χ0n) is 8.82. The molecule has 0 aromatic heterocycles. The van der Waals surface area contributed by atoms with E-state index in [0.29, 0.717) is 6.04 Å². The number of nitrogens with zero attached hydrogens (tertiary/aromatic N) is 1. The van der Waals surface area contributed by atoms with Gasteiger partial charge in [-0.1, -0.05) is 12.1 Å². The molecule has 1 atom stereocenters. The maximum atomic E-state index is 12.7. The predicted molar refractivity (Wildman–Crippen MR) is 58.9 cm³/mol. The molecule has 1 aliphatic rings. The molecule has 0 unspecified atom stereocenters. The van der Waals surface area contributed by atoms with E-state index in [2.05, 4.69) is 4.90 Å². The minimum absolute atomic E-state index is 0.171. The Balaban J connectivity index is 1.99. The highest BCUT2D eigenvalue weighted by atomic mass is 19.1. The Hall–Kier alpha value is -0.930. The lowest BCUT2D eigenvalue weighted by Crippen LogP contribution is -2.34. The summed E-state index contributed by atoms with van der Waals surface area (Å²) >= 11 is 0. The number of hydrogen-bond donors (Lipinski definition) is 1. The average molecular weight is 208 g/mol. The standard InChI is InChI=1S/C12H17FN2/c13-11-5-3-10(4-6-11)9-15-7-1-2-12(15)8-14/h3-6,12H,1-2,7-9,14H2/t12-/m0/s1. The first-order valence-electron chi connectivity index (χ1n) is 5.48. The maximum absolute atomic E-state index is 12.7. The number of rotatable bonds is 3. The summed E-state index contributed by atoms with van der Waals surface area (Å²) in [6, 6.07) is 7.24. The summed E-state index contributed by atoms with van der Waals surface area (Å²) in [6.45, 7) is 2.72. The summed E-state index contributed by atoms with van der Waals surface area (Å²) in [7, 11) is 0. The molecule has 0 aliphatic carbocycles. The van der Waals surface area contributed by atoms with Gasteiger partial charge >= 0.3 is 0 Å². The Kier molecular flexibility index (Phi) is 3.34. The first-order chi connectivity index (χ1) is 7.29. The molecule has 1 aromatic carbocycles. The Morgan fingerprint density at radius 3 is 2.73 bits per heavy atom. The average Bonchev–Trinajstić information content (AvgIpc) is 2.69. The van der Waals surface area contributed by atoms with E-state index in [4.69, 9.17) is 5.73 Å². The smallest absolute Gasteiger partial charge is 0.123 e. The Labute approximate surface area is 89.9 Å². The molecule has 0 spiro atoms. The second kappa shape index (κ2) is 4.73. The molecule has 1 aromatic rings. The van der Waals surface area contributed by atoms with Gasteiger partial charge in [0.15, 0.2) is 0 Å². The van der Waals surface area contributed by atoms with Crippen LogP contribution in [0, 0.1) is 5.82 Å². The summed E-state index contributed by atoms with van der Waals surface area (Å²) in [5.41, 5.74) is 6.86. The molecule has 0 radical (unpaired) electrons. The van der Waals surface area contributed by atoms with Crippen molar-refractivity contribution in [3.05, 3.63) is 35.6 Å². The third kappa shape index (κ3) is 2.55. The van der Waals surface area contributed by atoms with E-state index in [1.807, 2.05) is 12.1 Å². The first-order valence-corrected chi connectivity index (χ1v) is 5.48. The van der Waals surface area contributed by atoms with Crippen molar-refractivity contribution in [3.63, 3.8) is 0 Å². The zero-order valence-corrected chi connectivity index (χ0v) is 8.82. The molecular formula is C12H17FN2. The van der Waals surface area contributed by atoms with E-state index >= 15 is 0 Å². The normalized spacial score (nSPS) is 22.1. The van der Waals surface area contributed by atoms with Crippen molar-refractivity contribution in [2.45, 2.75) is 25.4 Å².